The van der Waals surface area contributed by atoms with E-state index in [4.69, 9.17) is 9.47 Å². The van der Waals surface area contributed by atoms with Gasteiger partial charge in [0.05, 0.1) is 26.4 Å². The second kappa shape index (κ2) is 7.79. The molecule has 1 fully saturated rings. The predicted octanol–water partition coefficient (Wildman–Crippen LogP) is 0.796. The monoisotopic (exact) mass is 209 g/mol. The highest BCUT2D eigenvalue weighted by Crippen LogP contribution is 1.85. The molecule has 12 heavy (non-hydrogen) atoms. The molecule has 1 aliphatic heterocycles. The third-order valence-corrected chi connectivity index (χ3v) is 1.89. The van der Waals surface area contributed by atoms with E-state index in [0.717, 1.165) is 26.4 Å². The van der Waals surface area contributed by atoms with Crippen molar-refractivity contribution in [3.05, 3.63) is 0 Å². The van der Waals surface area contributed by atoms with Crippen LogP contribution in [0.15, 0.2) is 0 Å². The third kappa shape index (κ3) is 8.26. The quantitative estimate of drug-likeness (QED) is 0.470. The molecular formula is C7H15NO2S2. The summed E-state index contributed by atoms with van der Waals surface area (Å²) < 4.78 is 10.5. The molecule has 1 aliphatic rings. The molecule has 0 amide bonds. The van der Waals surface area contributed by atoms with Crippen molar-refractivity contribution in [3.8, 4) is 0 Å². The predicted molar refractivity (Wildman–Crippen MR) is 56.9 cm³/mol. The first-order valence-corrected chi connectivity index (χ1v) is 4.56. The molecule has 0 spiro atoms. The largest absolute Gasteiger partial charge is 0.377 e. The van der Waals surface area contributed by atoms with Gasteiger partial charge in [0.25, 0.3) is 0 Å². The van der Waals surface area contributed by atoms with Crippen LogP contribution in [0.5, 0.6) is 0 Å². The third-order valence-electron chi connectivity index (χ3n) is 1.13. The van der Waals surface area contributed by atoms with Gasteiger partial charge in [0.15, 0.2) is 0 Å². The second-order valence-corrected chi connectivity index (χ2v) is 3.51. The summed E-state index contributed by atoms with van der Waals surface area (Å²) in [7, 11) is 3.71. The van der Waals surface area contributed by atoms with Crippen LogP contribution >= 0.6 is 24.8 Å². The maximum Gasteiger partial charge on any atom is 0.132 e. The molecule has 0 aromatic heterocycles. The van der Waals surface area contributed by atoms with Gasteiger partial charge in [-0.2, -0.15) is 0 Å². The van der Waals surface area contributed by atoms with Crippen LogP contribution < -0.4 is 0 Å². The molecule has 1 rings (SSSR count). The van der Waals surface area contributed by atoms with E-state index < -0.39 is 0 Å². The van der Waals surface area contributed by atoms with Crippen LogP contribution in [0, 0.1) is 0 Å². The Morgan fingerprint density at radius 2 is 1.42 bits per heavy atom. The highest BCUT2D eigenvalue weighted by atomic mass is 32.1. The van der Waals surface area contributed by atoms with Crippen molar-refractivity contribution in [3.63, 3.8) is 0 Å². The Labute approximate surface area is 84.4 Å². The van der Waals surface area contributed by atoms with E-state index in [1.165, 1.54) is 0 Å². The molecule has 0 N–H and O–H groups in total. The minimum Gasteiger partial charge on any atom is -0.377 e. The first kappa shape index (κ1) is 12.2. The number of thiocarbonyl (C=S) groups is 1. The summed E-state index contributed by atoms with van der Waals surface area (Å²) in [5.74, 6) is 0. The first-order valence-electron chi connectivity index (χ1n) is 3.70. The Morgan fingerprint density at radius 3 is 1.50 bits per heavy atom. The molecular weight excluding hydrogens is 194 g/mol. The minimum atomic E-state index is 0.620. The Hall–Kier alpha value is 0.160. The normalized spacial score (nSPS) is 15.9. The number of ether oxygens (including phenoxy) is 2. The molecule has 0 unspecified atom stereocenters. The highest BCUT2D eigenvalue weighted by Gasteiger charge is 1.94. The summed E-state index contributed by atoms with van der Waals surface area (Å²) in [4.78, 5) is 1.76. The summed E-state index contributed by atoms with van der Waals surface area (Å²) in [6.45, 7) is 3.11. The summed E-state index contributed by atoms with van der Waals surface area (Å²) in [6.07, 6.45) is 0. The number of hydrogen-bond donors (Lipinski definition) is 1. The SMILES string of the molecule is C1COCCO1.CN(C)C(=S)S. The molecule has 72 valence electrons. The molecule has 0 aliphatic carbocycles. The van der Waals surface area contributed by atoms with Crippen LogP contribution in [0.3, 0.4) is 0 Å². The standard InChI is InChI=1S/C4H8O2.C3H7NS2/c1-2-6-4-3-5-1;1-4(2)3(5)6/h1-4H2;1-2H3,(H,5,6). The van der Waals surface area contributed by atoms with Crippen LogP contribution in [0.25, 0.3) is 0 Å². The lowest BCUT2D eigenvalue weighted by Gasteiger charge is -2.09. The van der Waals surface area contributed by atoms with Gasteiger partial charge in [-0.25, -0.2) is 0 Å². The summed E-state index contributed by atoms with van der Waals surface area (Å²) >= 11 is 8.46. The van der Waals surface area contributed by atoms with Gasteiger partial charge < -0.3 is 14.4 Å². The molecule has 5 heteroatoms. The number of thiol groups is 1. The fourth-order valence-corrected chi connectivity index (χ4v) is 0.440. The van der Waals surface area contributed by atoms with Crippen LogP contribution in [0.1, 0.15) is 0 Å². The van der Waals surface area contributed by atoms with E-state index >= 15 is 0 Å². The molecule has 3 nitrogen and oxygen atoms in total. The van der Waals surface area contributed by atoms with Gasteiger partial charge in [-0.15, -0.1) is 12.6 Å². The van der Waals surface area contributed by atoms with Gasteiger partial charge >= 0.3 is 0 Å². The molecule has 0 aromatic rings. The maximum absolute atomic E-state index is 4.94. The van der Waals surface area contributed by atoms with Crippen molar-refractivity contribution in [2.45, 2.75) is 0 Å². The lowest BCUT2D eigenvalue weighted by atomic mass is 10.6. The number of nitrogens with zero attached hydrogens (tertiary/aromatic N) is 1. The van der Waals surface area contributed by atoms with Crippen molar-refractivity contribution in [2.75, 3.05) is 40.5 Å². The van der Waals surface area contributed by atoms with Crippen molar-refractivity contribution < 1.29 is 9.47 Å². The molecule has 0 aromatic carbocycles. The average Bonchev–Trinajstić information content (AvgIpc) is 2.08. The average molecular weight is 209 g/mol. The van der Waals surface area contributed by atoms with Gasteiger partial charge in [-0.3, -0.25) is 0 Å². The first-order chi connectivity index (χ1) is 5.64. The van der Waals surface area contributed by atoms with E-state index in [2.05, 4.69) is 24.8 Å². The zero-order valence-corrected chi connectivity index (χ0v) is 9.16. The van der Waals surface area contributed by atoms with Crippen LogP contribution in [0.4, 0.5) is 0 Å². The van der Waals surface area contributed by atoms with Crippen LogP contribution in [-0.2, 0) is 9.47 Å². The Morgan fingerprint density at radius 1 is 1.17 bits per heavy atom. The lowest BCUT2D eigenvalue weighted by Crippen LogP contribution is -2.16. The van der Waals surface area contributed by atoms with Crippen LogP contribution in [-0.4, -0.2) is 49.7 Å². The molecule has 1 saturated heterocycles. The van der Waals surface area contributed by atoms with Crippen molar-refractivity contribution in [1.29, 1.82) is 0 Å². The van der Waals surface area contributed by atoms with Gasteiger partial charge in [0.2, 0.25) is 0 Å². The van der Waals surface area contributed by atoms with Gasteiger partial charge in [0, 0.05) is 14.1 Å². The van der Waals surface area contributed by atoms with Crippen molar-refractivity contribution in [2.24, 2.45) is 0 Å². The van der Waals surface area contributed by atoms with Crippen molar-refractivity contribution in [1.82, 2.24) is 4.90 Å². The zero-order valence-electron chi connectivity index (χ0n) is 7.45. The lowest BCUT2D eigenvalue weighted by molar-refractivity contribution is -0.0334. The highest BCUT2D eigenvalue weighted by molar-refractivity contribution is 8.10. The Kier molecular flexibility index (Phi) is 7.89. The summed E-state index contributed by atoms with van der Waals surface area (Å²) in [5, 5.41) is 0. The fraction of sp³-hybridized carbons (Fsp3) is 0.857. The Bertz CT molecular complexity index is 115. The topological polar surface area (TPSA) is 21.7 Å². The van der Waals surface area contributed by atoms with E-state index in [0.29, 0.717) is 4.32 Å². The smallest absolute Gasteiger partial charge is 0.132 e. The van der Waals surface area contributed by atoms with E-state index in [-0.39, 0.29) is 0 Å². The number of rotatable bonds is 0. The van der Waals surface area contributed by atoms with E-state index in [1.807, 2.05) is 14.1 Å². The molecule has 1 heterocycles. The summed E-state index contributed by atoms with van der Waals surface area (Å²) in [5.41, 5.74) is 0. The maximum atomic E-state index is 4.94. The van der Waals surface area contributed by atoms with Gasteiger partial charge in [0.1, 0.15) is 4.32 Å². The summed E-state index contributed by atoms with van der Waals surface area (Å²) in [6, 6.07) is 0. The molecule has 0 saturated carbocycles. The van der Waals surface area contributed by atoms with Gasteiger partial charge in [-0.1, -0.05) is 12.2 Å². The second-order valence-electron chi connectivity index (χ2n) is 2.40. The van der Waals surface area contributed by atoms with E-state index in [9.17, 15) is 0 Å². The molecule has 0 radical (unpaired) electrons. The molecule has 0 bridgehead atoms. The van der Waals surface area contributed by atoms with E-state index in [1.54, 1.807) is 4.90 Å². The Balaban J connectivity index is 0.000000202. The fourth-order valence-electron chi connectivity index (χ4n) is 0.440. The van der Waals surface area contributed by atoms with Gasteiger partial charge in [-0.05, 0) is 0 Å². The zero-order chi connectivity index (χ0) is 9.40. The van der Waals surface area contributed by atoms with Crippen molar-refractivity contribution >= 4 is 29.2 Å². The minimum absolute atomic E-state index is 0.620. The number of hydrogen-bond acceptors (Lipinski definition) is 3. The molecule has 0 atom stereocenters. The van der Waals surface area contributed by atoms with Crippen LogP contribution in [0.2, 0.25) is 0 Å².